The first-order valence-corrected chi connectivity index (χ1v) is 9.49. The van der Waals surface area contributed by atoms with Gasteiger partial charge in [-0.15, -0.1) is 0 Å². The summed E-state index contributed by atoms with van der Waals surface area (Å²) in [6, 6.07) is 17.9. The summed E-state index contributed by atoms with van der Waals surface area (Å²) in [5.41, 5.74) is 4.60. The van der Waals surface area contributed by atoms with E-state index in [4.69, 9.17) is 23.2 Å². The van der Waals surface area contributed by atoms with Gasteiger partial charge in [-0.05, 0) is 0 Å². The van der Waals surface area contributed by atoms with Gasteiger partial charge in [-0.3, -0.25) is 0 Å². The predicted octanol–water partition coefficient (Wildman–Crippen LogP) is 5.45. The van der Waals surface area contributed by atoms with Crippen LogP contribution in [0.5, 0.6) is 0 Å². The molecule has 0 radical (unpaired) electrons. The Morgan fingerprint density at radius 1 is 0.864 bits per heavy atom. The van der Waals surface area contributed by atoms with Crippen LogP contribution in [0, 0.1) is 11.3 Å². The second kappa shape index (κ2) is 6.73. The minimum atomic E-state index is 0.180. The van der Waals surface area contributed by atoms with Crippen molar-refractivity contribution in [3.63, 3.8) is 0 Å². The number of nitriles is 1. The molecular formula is C18H11Cl2NSe. The molecule has 3 rings (SSSR count). The first kappa shape index (κ1) is 15.4. The molecule has 0 bridgehead atoms. The van der Waals surface area contributed by atoms with E-state index in [9.17, 15) is 5.26 Å². The van der Waals surface area contributed by atoms with E-state index in [1.54, 1.807) is 0 Å². The van der Waals surface area contributed by atoms with Crippen LogP contribution in [-0.4, -0.2) is 15.0 Å². The molecule has 0 N–H and O–H groups in total. The third-order valence-corrected chi connectivity index (χ3v) is 5.93. The molecule has 0 aliphatic carbocycles. The van der Waals surface area contributed by atoms with Crippen LogP contribution in [0.3, 0.4) is 0 Å². The Labute approximate surface area is 146 Å². The molecule has 1 aliphatic rings. The maximum absolute atomic E-state index is 9.23. The maximum atomic E-state index is 9.23. The van der Waals surface area contributed by atoms with Gasteiger partial charge in [0, 0.05) is 0 Å². The molecule has 0 aromatic heterocycles. The number of rotatable bonds is 2. The van der Waals surface area contributed by atoms with Crippen LogP contribution in [0.2, 0.25) is 15.4 Å². The van der Waals surface area contributed by atoms with Crippen LogP contribution in [0.15, 0.2) is 59.1 Å². The van der Waals surface area contributed by atoms with Crippen molar-refractivity contribution in [2.75, 3.05) is 0 Å². The Bertz CT molecular complexity index is 796. The zero-order chi connectivity index (χ0) is 15.5. The molecule has 0 amide bonds. The fraction of sp³-hybridized carbons (Fsp3) is 0.0556. The second-order valence-electron chi connectivity index (χ2n) is 4.82. The van der Waals surface area contributed by atoms with Crippen LogP contribution >= 0.6 is 23.2 Å². The SMILES string of the molecule is N#CC1=CC(c2ccc(Cl)cc2)=C(c2ccc(Cl)cc2)C[Se]1. The third-order valence-electron chi connectivity index (χ3n) is 3.43. The summed E-state index contributed by atoms with van der Waals surface area (Å²) >= 11 is 12.1. The molecule has 1 heterocycles. The van der Waals surface area contributed by atoms with Crippen LogP contribution in [0.25, 0.3) is 11.1 Å². The summed E-state index contributed by atoms with van der Waals surface area (Å²) in [4.78, 5) is 0. The Balaban J connectivity index is 2.16. The van der Waals surface area contributed by atoms with Gasteiger partial charge in [-0.1, -0.05) is 0 Å². The van der Waals surface area contributed by atoms with Crippen molar-refractivity contribution < 1.29 is 0 Å². The summed E-state index contributed by atoms with van der Waals surface area (Å²) in [5.74, 6) is 0. The van der Waals surface area contributed by atoms with E-state index in [0.717, 1.165) is 31.5 Å². The normalized spacial score (nSPS) is 14.5. The summed E-state index contributed by atoms with van der Waals surface area (Å²) in [6.45, 7) is 0. The number of hydrogen-bond acceptors (Lipinski definition) is 1. The van der Waals surface area contributed by atoms with Crippen LogP contribution < -0.4 is 0 Å². The zero-order valence-electron chi connectivity index (χ0n) is 11.5. The van der Waals surface area contributed by atoms with E-state index in [1.807, 2.05) is 54.6 Å². The monoisotopic (exact) mass is 391 g/mol. The van der Waals surface area contributed by atoms with Crippen molar-refractivity contribution in [2.45, 2.75) is 5.32 Å². The molecule has 4 heteroatoms. The van der Waals surface area contributed by atoms with Crippen molar-refractivity contribution in [3.05, 3.63) is 80.3 Å². The van der Waals surface area contributed by atoms with Gasteiger partial charge in [-0.2, -0.15) is 0 Å². The van der Waals surface area contributed by atoms with E-state index >= 15 is 0 Å². The number of nitrogens with zero attached hydrogens (tertiary/aromatic N) is 1. The number of halogens is 2. The average molecular weight is 391 g/mol. The standard InChI is InChI=1S/C18H11Cl2NSe/c19-14-5-1-12(2-6-14)17-9-16(10-21)22-11-18(17)13-3-7-15(20)8-4-13/h1-9H,11H2. The number of hydrogen-bond donors (Lipinski definition) is 0. The summed E-state index contributed by atoms with van der Waals surface area (Å²) < 4.78 is 0.871. The van der Waals surface area contributed by atoms with Crippen molar-refractivity contribution in [2.24, 2.45) is 0 Å². The summed E-state index contributed by atoms with van der Waals surface area (Å²) in [5, 5.41) is 11.6. The quantitative estimate of drug-likeness (QED) is 0.625. The third kappa shape index (κ3) is 3.29. The van der Waals surface area contributed by atoms with Crippen molar-refractivity contribution in [3.8, 4) is 6.07 Å². The van der Waals surface area contributed by atoms with Crippen molar-refractivity contribution in [1.82, 2.24) is 0 Å². The Morgan fingerprint density at radius 3 is 1.95 bits per heavy atom. The Hall–Kier alpha value is -1.49. The van der Waals surface area contributed by atoms with Crippen molar-refractivity contribution in [1.29, 1.82) is 5.26 Å². The van der Waals surface area contributed by atoms with Gasteiger partial charge in [0.15, 0.2) is 0 Å². The van der Waals surface area contributed by atoms with Gasteiger partial charge < -0.3 is 0 Å². The molecule has 0 saturated carbocycles. The molecule has 0 unspecified atom stereocenters. The van der Waals surface area contributed by atoms with E-state index < -0.39 is 0 Å². The van der Waals surface area contributed by atoms with E-state index in [2.05, 4.69) is 6.07 Å². The van der Waals surface area contributed by atoms with E-state index in [1.165, 1.54) is 5.57 Å². The molecule has 0 atom stereocenters. The molecule has 22 heavy (non-hydrogen) atoms. The molecule has 0 saturated heterocycles. The molecule has 2 aromatic carbocycles. The van der Waals surface area contributed by atoms with Gasteiger partial charge in [-0.25, -0.2) is 0 Å². The summed E-state index contributed by atoms with van der Waals surface area (Å²) in [6.07, 6.45) is 2.01. The average Bonchev–Trinajstić information content (AvgIpc) is 2.56. The molecule has 1 nitrogen and oxygen atoms in total. The molecule has 0 spiro atoms. The molecule has 2 aromatic rings. The fourth-order valence-electron chi connectivity index (χ4n) is 2.33. The zero-order valence-corrected chi connectivity index (χ0v) is 14.7. The Morgan fingerprint density at radius 2 is 1.41 bits per heavy atom. The fourth-order valence-corrected chi connectivity index (χ4v) is 4.44. The van der Waals surface area contributed by atoms with Crippen molar-refractivity contribution >= 4 is 49.3 Å². The topological polar surface area (TPSA) is 23.8 Å². The van der Waals surface area contributed by atoms with E-state index in [-0.39, 0.29) is 15.0 Å². The molecular weight excluding hydrogens is 380 g/mol. The number of allylic oxidation sites excluding steroid dienone is 4. The minimum absolute atomic E-state index is 0.180. The Kier molecular flexibility index (Phi) is 4.71. The van der Waals surface area contributed by atoms with Gasteiger partial charge in [0.2, 0.25) is 0 Å². The first-order chi connectivity index (χ1) is 10.7. The number of benzene rings is 2. The van der Waals surface area contributed by atoms with Crippen LogP contribution in [0.4, 0.5) is 0 Å². The predicted molar refractivity (Wildman–Crippen MR) is 94.0 cm³/mol. The second-order valence-corrected chi connectivity index (χ2v) is 7.82. The molecule has 1 aliphatic heterocycles. The van der Waals surface area contributed by atoms with Gasteiger partial charge >= 0.3 is 146 Å². The van der Waals surface area contributed by atoms with Gasteiger partial charge in [0.05, 0.1) is 0 Å². The van der Waals surface area contributed by atoms with E-state index in [0.29, 0.717) is 5.02 Å². The first-order valence-electron chi connectivity index (χ1n) is 6.67. The van der Waals surface area contributed by atoms with Gasteiger partial charge in [0.25, 0.3) is 0 Å². The summed E-state index contributed by atoms with van der Waals surface area (Å²) in [7, 11) is 0. The van der Waals surface area contributed by atoms with Crippen LogP contribution in [-0.2, 0) is 0 Å². The molecule has 0 fully saturated rings. The van der Waals surface area contributed by atoms with Crippen LogP contribution in [0.1, 0.15) is 11.1 Å². The molecule has 108 valence electrons. The van der Waals surface area contributed by atoms with Gasteiger partial charge in [0.1, 0.15) is 0 Å².